The van der Waals surface area contributed by atoms with Gasteiger partial charge < -0.3 is 4.90 Å². The maximum absolute atomic E-state index is 13.5. The van der Waals surface area contributed by atoms with Gasteiger partial charge in [0.1, 0.15) is 6.04 Å². The molecule has 2 aromatic rings. The van der Waals surface area contributed by atoms with E-state index < -0.39 is 0 Å². The minimum absolute atomic E-state index is 0.230. The monoisotopic (exact) mass is 373 g/mol. The summed E-state index contributed by atoms with van der Waals surface area (Å²) < 4.78 is 4.66. The molecule has 1 atom stereocenters. The lowest BCUT2D eigenvalue weighted by Crippen LogP contribution is -2.50. The lowest BCUT2D eigenvalue weighted by molar-refractivity contribution is 0.155. The Hall–Kier alpha value is -2.50. The van der Waals surface area contributed by atoms with Crippen LogP contribution in [0.1, 0.15) is 18.9 Å². The van der Waals surface area contributed by atoms with Crippen LogP contribution in [-0.4, -0.2) is 31.9 Å². The van der Waals surface area contributed by atoms with Crippen molar-refractivity contribution in [2.75, 3.05) is 13.1 Å². The summed E-state index contributed by atoms with van der Waals surface area (Å²) in [6.45, 7) is 2.60. The van der Waals surface area contributed by atoms with E-state index in [1.165, 1.54) is 15.8 Å². The Morgan fingerprint density at radius 2 is 1.61 bits per heavy atom. The van der Waals surface area contributed by atoms with E-state index in [0.29, 0.717) is 18.2 Å². The van der Waals surface area contributed by atoms with Crippen LogP contribution in [0.25, 0.3) is 5.69 Å². The van der Waals surface area contributed by atoms with Gasteiger partial charge >= 0.3 is 11.4 Å². The van der Waals surface area contributed by atoms with E-state index in [1.54, 1.807) is 9.36 Å². The first-order chi connectivity index (χ1) is 13.7. The third-order valence-electron chi connectivity index (χ3n) is 6.56. The molecule has 1 saturated heterocycles. The number of hydrogen-bond acceptors (Lipinski definition) is 3. The summed E-state index contributed by atoms with van der Waals surface area (Å²) in [6.07, 6.45) is 10.4. The highest BCUT2D eigenvalue weighted by Crippen LogP contribution is 2.48. The van der Waals surface area contributed by atoms with Crippen LogP contribution in [0.15, 0.2) is 51.2 Å². The zero-order valence-corrected chi connectivity index (χ0v) is 15.5. The molecule has 7 rings (SSSR count). The van der Waals surface area contributed by atoms with Crippen molar-refractivity contribution < 1.29 is 0 Å². The summed E-state index contributed by atoms with van der Waals surface area (Å²) in [7, 11) is 0. The Morgan fingerprint density at radius 3 is 2.32 bits per heavy atom. The van der Waals surface area contributed by atoms with Gasteiger partial charge in [-0.2, -0.15) is 0 Å². The SMILES string of the molecule is O=c1n(-c2ccccc2)c(=O)n2n1CC1=C([C@H]2[C]2[CH][CH][CH][CH]2)N2CCC1CC2. The molecule has 2 fully saturated rings. The molecule has 141 valence electrons. The predicted molar refractivity (Wildman–Crippen MR) is 105 cm³/mol. The van der Waals surface area contributed by atoms with Gasteiger partial charge in [0.15, 0.2) is 0 Å². The molecule has 1 saturated carbocycles. The molecule has 6 heteroatoms. The first kappa shape index (κ1) is 16.5. The van der Waals surface area contributed by atoms with Gasteiger partial charge in [0, 0.05) is 24.7 Å². The zero-order valence-electron chi connectivity index (χ0n) is 15.5. The number of para-hydroxylation sites is 1. The standard InChI is InChI=1S/C22H21N4O2/c27-21-24-14-18-15-10-12-23(13-11-15)20(18)19(16-6-4-5-7-16)26(24)22(28)25(21)17-8-2-1-3-9-17/h1-9,15,19H,10-14H2/t19-/m1/s1. The van der Waals surface area contributed by atoms with Gasteiger partial charge in [-0.05, 0) is 62.1 Å². The predicted octanol–water partition coefficient (Wildman–Crippen LogP) is 1.74. The lowest BCUT2D eigenvalue weighted by Gasteiger charge is -2.49. The molecule has 0 N–H and O–H groups in total. The van der Waals surface area contributed by atoms with Crippen LogP contribution in [-0.2, 0) is 6.54 Å². The summed E-state index contributed by atoms with van der Waals surface area (Å²) in [4.78, 5) is 29.2. The van der Waals surface area contributed by atoms with Gasteiger partial charge in [0.2, 0.25) is 0 Å². The fraction of sp³-hybridized carbons (Fsp3) is 0.318. The zero-order chi connectivity index (χ0) is 18.8. The summed E-state index contributed by atoms with van der Waals surface area (Å²) >= 11 is 0. The molecule has 0 amide bonds. The fourth-order valence-electron chi connectivity index (χ4n) is 5.27. The minimum atomic E-state index is -0.267. The van der Waals surface area contributed by atoms with E-state index in [9.17, 15) is 9.59 Å². The molecule has 6 nitrogen and oxygen atoms in total. The molecule has 4 aliphatic heterocycles. The Labute approximate surface area is 163 Å². The lowest BCUT2D eigenvalue weighted by atomic mass is 9.77. The number of fused-ring (bicyclic) bond motifs is 3. The van der Waals surface area contributed by atoms with Crippen LogP contribution in [0.2, 0.25) is 0 Å². The number of nitrogens with zero attached hydrogens (tertiary/aromatic N) is 4. The molecular formula is C22H21N4O2. The van der Waals surface area contributed by atoms with Crippen molar-refractivity contribution in [2.45, 2.75) is 25.4 Å². The van der Waals surface area contributed by atoms with Crippen molar-refractivity contribution in [3.05, 3.63) is 94.2 Å². The second-order valence-electron chi connectivity index (χ2n) is 7.93. The molecule has 5 radical (unpaired) electrons. The maximum atomic E-state index is 13.5. The smallest absolute Gasteiger partial charge is 0.352 e. The van der Waals surface area contributed by atoms with Crippen molar-refractivity contribution >= 4 is 0 Å². The Morgan fingerprint density at radius 1 is 0.893 bits per heavy atom. The number of aromatic nitrogens is 3. The van der Waals surface area contributed by atoms with E-state index in [4.69, 9.17) is 0 Å². The Kier molecular flexibility index (Phi) is 3.52. The average molecular weight is 373 g/mol. The summed E-state index contributed by atoms with van der Waals surface area (Å²) in [5.41, 5.74) is 2.69. The first-order valence-electron chi connectivity index (χ1n) is 9.93. The third kappa shape index (κ3) is 2.14. The van der Waals surface area contributed by atoms with Crippen molar-refractivity contribution in [3.63, 3.8) is 0 Å². The molecule has 1 aromatic carbocycles. The van der Waals surface area contributed by atoms with E-state index in [2.05, 4.69) is 17.7 Å². The number of allylic oxidation sites excluding steroid dienone is 2. The molecule has 0 unspecified atom stereocenters. The van der Waals surface area contributed by atoms with E-state index in [-0.39, 0.29) is 17.4 Å². The molecule has 0 spiro atoms. The van der Waals surface area contributed by atoms with Crippen molar-refractivity contribution in [3.8, 4) is 5.69 Å². The highest BCUT2D eigenvalue weighted by Gasteiger charge is 2.46. The van der Waals surface area contributed by atoms with E-state index in [0.717, 1.165) is 31.8 Å². The van der Waals surface area contributed by atoms with Gasteiger partial charge in [0.25, 0.3) is 0 Å². The van der Waals surface area contributed by atoms with Crippen LogP contribution in [0.3, 0.4) is 0 Å². The Balaban J connectivity index is 1.59. The van der Waals surface area contributed by atoms with Gasteiger partial charge in [0.05, 0.1) is 12.2 Å². The minimum Gasteiger partial charge on any atom is -0.373 e. The van der Waals surface area contributed by atoms with Gasteiger partial charge in [-0.25, -0.2) is 23.5 Å². The van der Waals surface area contributed by atoms with Crippen molar-refractivity contribution in [1.29, 1.82) is 0 Å². The quantitative estimate of drug-likeness (QED) is 0.806. The summed E-state index contributed by atoms with van der Waals surface area (Å²) in [5.74, 6) is 1.59. The molecular weight excluding hydrogens is 352 g/mol. The van der Waals surface area contributed by atoms with Crippen molar-refractivity contribution in [1.82, 2.24) is 18.8 Å². The highest BCUT2D eigenvalue weighted by molar-refractivity contribution is 5.45. The van der Waals surface area contributed by atoms with E-state index >= 15 is 0 Å². The first-order valence-corrected chi connectivity index (χ1v) is 9.93. The fourth-order valence-corrected chi connectivity index (χ4v) is 5.27. The van der Waals surface area contributed by atoms with Gasteiger partial charge in [-0.1, -0.05) is 18.2 Å². The molecule has 5 aliphatic rings. The van der Waals surface area contributed by atoms with Crippen LogP contribution < -0.4 is 11.4 Å². The van der Waals surface area contributed by atoms with Crippen LogP contribution in [0.4, 0.5) is 0 Å². The second kappa shape index (κ2) is 6.00. The summed E-state index contributed by atoms with van der Waals surface area (Å²) in [5, 5.41) is 0. The largest absolute Gasteiger partial charge is 0.373 e. The molecule has 5 heterocycles. The molecule has 2 bridgehead atoms. The molecule has 1 aromatic heterocycles. The number of piperidine rings is 1. The summed E-state index contributed by atoms with van der Waals surface area (Å²) in [6, 6.07) is 8.99. The van der Waals surface area contributed by atoms with Crippen LogP contribution >= 0.6 is 0 Å². The molecule has 28 heavy (non-hydrogen) atoms. The highest BCUT2D eigenvalue weighted by atomic mass is 16.2. The van der Waals surface area contributed by atoms with Gasteiger partial charge in [-0.3, -0.25) is 0 Å². The number of rotatable bonds is 2. The van der Waals surface area contributed by atoms with Crippen LogP contribution in [0, 0.1) is 37.5 Å². The number of benzene rings is 1. The topological polar surface area (TPSA) is 52.2 Å². The van der Waals surface area contributed by atoms with Crippen LogP contribution in [0.5, 0.6) is 0 Å². The second-order valence-corrected chi connectivity index (χ2v) is 7.93. The van der Waals surface area contributed by atoms with Gasteiger partial charge in [-0.15, -0.1) is 0 Å². The normalized spacial score (nSPS) is 24.7. The number of hydrogen-bond donors (Lipinski definition) is 0. The third-order valence-corrected chi connectivity index (χ3v) is 6.56. The molecule has 1 aliphatic carbocycles. The van der Waals surface area contributed by atoms with Crippen molar-refractivity contribution in [2.24, 2.45) is 5.92 Å². The Bertz CT molecular complexity index is 1060. The average Bonchev–Trinajstić information content (AvgIpc) is 3.36. The van der Waals surface area contributed by atoms with E-state index in [1.807, 2.05) is 43.2 Å². The maximum Gasteiger partial charge on any atom is 0.352 e.